The van der Waals surface area contributed by atoms with E-state index in [1.165, 1.54) is 0 Å². The molecule has 120 valence electrons. The van der Waals surface area contributed by atoms with Crippen molar-refractivity contribution in [3.63, 3.8) is 0 Å². The number of aliphatic hydroxyl groups is 1. The molecule has 6 heteroatoms. The summed E-state index contributed by atoms with van der Waals surface area (Å²) >= 11 is 6.01. The summed E-state index contributed by atoms with van der Waals surface area (Å²) in [7, 11) is 0. The molecule has 0 bridgehead atoms. The molecule has 2 atom stereocenters. The molecule has 0 aliphatic carbocycles. The molecule has 1 N–H and O–H groups in total. The smallest absolute Gasteiger partial charge is 0.306 e. The van der Waals surface area contributed by atoms with Crippen molar-refractivity contribution in [2.24, 2.45) is 5.92 Å². The number of ether oxygens (including phenoxy) is 1. The van der Waals surface area contributed by atoms with Gasteiger partial charge in [0.1, 0.15) is 0 Å². The van der Waals surface area contributed by atoms with Gasteiger partial charge in [0.05, 0.1) is 30.7 Å². The predicted octanol–water partition coefficient (Wildman–Crippen LogP) is 2.70. The second-order valence-corrected chi connectivity index (χ2v) is 5.69. The molecule has 0 aromatic heterocycles. The second kappa shape index (κ2) is 7.11. The van der Waals surface area contributed by atoms with E-state index >= 15 is 0 Å². The third-order valence-electron chi connectivity index (χ3n) is 3.71. The van der Waals surface area contributed by atoms with Crippen LogP contribution in [0.2, 0.25) is 5.02 Å². The van der Waals surface area contributed by atoms with E-state index in [-0.39, 0.29) is 18.9 Å². The number of anilines is 1. The number of hydrogen-bond acceptors (Lipinski definition) is 4. The van der Waals surface area contributed by atoms with E-state index in [1.807, 2.05) is 6.92 Å². The highest BCUT2D eigenvalue weighted by atomic mass is 35.5. The Labute approximate surface area is 134 Å². The summed E-state index contributed by atoms with van der Waals surface area (Å²) in [4.78, 5) is 26.0. The van der Waals surface area contributed by atoms with Crippen molar-refractivity contribution in [2.75, 3.05) is 18.1 Å². The third kappa shape index (κ3) is 3.25. The van der Waals surface area contributed by atoms with Crippen molar-refractivity contribution in [1.82, 2.24) is 0 Å². The van der Waals surface area contributed by atoms with Crippen LogP contribution in [0.15, 0.2) is 18.2 Å². The first kappa shape index (κ1) is 16.8. The number of carbonyl (C=O) groups is 2. The standard InChI is InChI=1S/C16H20ClNO4/c1-3-7-18-13-8-10(17)5-6-11(13)15(20)12(16(18)21)9-14(19)22-4-2/h5-6,8,12,15,20H,3-4,7,9H2,1-2H3. The molecular formula is C16H20ClNO4. The fraction of sp³-hybridized carbons (Fsp3) is 0.500. The first-order chi connectivity index (χ1) is 10.5. The van der Waals surface area contributed by atoms with E-state index in [0.717, 1.165) is 6.42 Å². The number of rotatable bonds is 5. The van der Waals surface area contributed by atoms with Gasteiger partial charge < -0.3 is 14.7 Å². The van der Waals surface area contributed by atoms with Gasteiger partial charge in [0.15, 0.2) is 0 Å². The van der Waals surface area contributed by atoms with Crippen molar-refractivity contribution in [2.45, 2.75) is 32.8 Å². The minimum atomic E-state index is -1.03. The van der Waals surface area contributed by atoms with Crippen LogP contribution in [-0.4, -0.2) is 30.1 Å². The first-order valence-corrected chi connectivity index (χ1v) is 7.81. The molecule has 0 saturated heterocycles. The molecular weight excluding hydrogens is 306 g/mol. The lowest BCUT2D eigenvalue weighted by Crippen LogP contribution is -2.44. The number of esters is 1. The number of carbonyl (C=O) groups excluding carboxylic acids is 2. The molecule has 2 unspecified atom stereocenters. The van der Waals surface area contributed by atoms with Gasteiger partial charge in [-0.05, 0) is 25.5 Å². The molecule has 5 nitrogen and oxygen atoms in total. The van der Waals surface area contributed by atoms with Crippen LogP contribution < -0.4 is 4.90 Å². The van der Waals surface area contributed by atoms with Crippen molar-refractivity contribution in [3.8, 4) is 0 Å². The van der Waals surface area contributed by atoms with Crippen LogP contribution in [0.25, 0.3) is 0 Å². The molecule has 1 aromatic rings. The van der Waals surface area contributed by atoms with E-state index in [0.29, 0.717) is 22.8 Å². The van der Waals surface area contributed by atoms with E-state index in [4.69, 9.17) is 16.3 Å². The number of hydrogen-bond donors (Lipinski definition) is 1. The average Bonchev–Trinajstić information content (AvgIpc) is 2.48. The Morgan fingerprint density at radius 1 is 1.41 bits per heavy atom. The molecule has 0 radical (unpaired) electrons. The van der Waals surface area contributed by atoms with E-state index in [2.05, 4.69) is 0 Å². The van der Waals surface area contributed by atoms with Gasteiger partial charge >= 0.3 is 5.97 Å². The largest absolute Gasteiger partial charge is 0.466 e. The molecule has 0 saturated carbocycles. The highest BCUT2D eigenvalue weighted by molar-refractivity contribution is 6.31. The maximum absolute atomic E-state index is 12.7. The van der Waals surface area contributed by atoms with Gasteiger partial charge in [0, 0.05) is 17.1 Å². The summed E-state index contributed by atoms with van der Waals surface area (Å²) in [6, 6.07) is 5.05. The molecule has 0 spiro atoms. The van der Waals surface area contributed by atoms with Crippen LogP contribution >= 0.6 is 11.6 Å². The molecule has 22 heavy (non-hydrogen) atoms. The van der Waals surface area contributed by atoms with Crippen LogP contribution in [0.5, 0.6) is 0 Å². The summed E-state index contributed by atoms with van der Waals surface area (Å²) in [6.07, 6.45) is -0.395. The summed E-state index contributed by atoms with van der Waals surface area (Å²) < 4.78 is 4.90. The minimum Gasteiger partial charge on any atom is -0.466 e. The molecule has 1 aromatic carbocycles. The fourth-order valence-electron chi connectivity index (χ4n) is 2.72. The van der Waals surface area contributed by atoms with Gasteiger partial charge in [-0.15, -0.1) is 0 Å². The number of benzene rings is 1. The summed E-state index contributed by atoms with van der Waals surface area (Å²) in [6.45, 7) is 4.43. The van der Waals surface area contributed by atoms with E-state index in [1.54, 1.807) is 30.0 Å². The Bertz CT molecular complexity index is 575. The van der Waals surface area contributed by atoms with Crippen molar-refractivity contribution >= 4 is 29.2 Å². The fourth-order valence-corrected chi connectivity index (χ4v) is 2.89. The minimum absolute atomic E-state index is 0.129. The molecule has 1 amide bonds. The predicted molar refractivity (Wildman–Crippen MR) is 83.8 cm³/mol. The van der Waals surface area contributed by atoms with E-state index in [9.17, 15) is 14.7 Å². The summed E-state index contributed by atoms with van der Waals surface area (Å²) in [5.74, 6) is -1.56. The van der Waals surface area contributed by atoms with Gasteiger partial charge in [-0.3, -0.25) is 9.59 Å². The highest BCUT2D eigenvalue weighted by Crippen LogP contribution is 2.40. The van der Waals surface area contributed by atoms with Crippen molar-refractivity contribution in [1.29, 1.82) is 0 Å². The van der Waals surface area contributed by atoms with Crippen LogP contribution in [-0.2, 0) is 14.3 Å². The zero-order chi connectivity index (χ0) is 16.3. The Balaban J connectivity index is 2.37. The Kier molecular flexibility index (Phi) is 5.42. The molecule has 1 aliphatic heterocycles. The normalized spacial score (nSPS) is 20.7. The monoisotopic (exact) mass is 325 g/mol. The van der Waals surface area contributed by atoms with Gasteiger partial charge in [-0.25, -0.2) is 0 Å². The average molecular weight is 326 g/mol. The van der Waals surface area contributed by atoms with Crippen LogP contribution in [0.4, 0.5) is 5.69 Å². The lowest BCUT2D eigenvalue weighted by Gasteiger charge is -2.37. The number of halogens is 1. The highest BCUT2D eigenvalue weighted by Gasteiger charge is 2.40. The molecule has 1 heterocycles. The summed E-state index contributed by atoms with van der Waals surface area (Å²) in [5, 5.41) is 11.0. The zero-order valence-corrected chi connectivity index (χ0v) is 13.5. The maximum atomic E-state index is 12.7. The van der Waals surface area contributed by atoms with Gasteiger partial charge in [0.2, 0.25) is 5.91 Å². The number of aliphatic hydroxyl groups excluding tert-OH is 1. The third-order valence-corrected chi connectivity index (χ3v) is 3.94. The van der Waals surface area contributed by atoms with Crippen LogP contribution in [0, 0.1) is 5.92 Å². The Hall–Kier alpha value is -1.59. The lowest BCUT2D eigenvalue weighted by molar-refractivity contribution is -0.148. The quantitative estimate of drug-likeness (QED) is 0.845. The Morgan fingerprint density at radius 3 is 2.77 bits per heavy atom. The van der Waals surface area contributed by atoms with Crippen LogP contribution in [0.1, 0.15) is 38.4 Å². The number of nitrogens with zero attached hydrogens (tertiary/aromatic N) is 1. The lowest BCUT2D eigenvalue weighted by atomic mass is 9.86. The van der Waals surface area contributed by atoms with Crippen LogP contribution in [0.3, 0.4) is 0 Å². The van der Waals surface area contributed by atoms with Gasteiger partial charge in [-0.1, -0.05) is 24.6 Å². The van der Waals surface area contributed by atoms with E-state index < -0.39 is 18.0 Å². The van der Waals surface area contributed by atoms with Crippen molar-refractivity contribution in [3.05, 3.63) is 28.8 Å². The van der Waals surface area contributed by atoms with Crippen molar-refractivity contribution < 1.29 is 19.4 Å². The van der Waals surface area contributed by atoms with Gasteiger partial charge in [0.25, 0.3) is 0 Å². The summed E-state index contributed by atoms with van der Waals surface area (Å²) in [5.41, 5.74) is 1.23. The maximum Gasteiger partial charge on any atom is 0.306 e. The molecule has 1 aliphatic rings. The number of amides is 1. The topological polar surface area (TPSA) is 66.8 Å². The SMILES string of the molecule is CCCN1C(=O)C(CC(=O)OCC)C(O)c2ccc(Cl)cc21. The second-order valence-electron chi connectivity index (χ2n) is 5.25. The molecule has 0 fully saturated rings. The van der Waals surface area contributed by atoms with Gasteiger partial charge in [-0.2, -0.15) is 0 Å². The number of fused-ring (bicyclic) bond motifs is 1. The molecule has 2 rings (SSSR count). The Morgan fingerprint density at radius 2 is 2.14 bits per heavy atom. The first-order valence-electron chi connectivity index (χ1n) is 7.44. The zero-order valence-electron chi connectivity index (χ0n) is 12.7.